The third kappa shape index (κ3) is 3.90. The van der Waals surface area contributed by atoms with E-state index in [0.29, 0.717) is 6.04 Å². The first-order chi connectivity index (χ1) is 15.4. The van der Waals surface area contributed by atoms with Gasteiger partial charge < -0.3 is 5.73 Å². The fraction of sp³-hybridized carbons (Fsp3) is 0.357. The monoisotopic (exact) mass is 428 g/mol. The number of hydrogen-bond donors (Lipinski definition) is 1. The van der Waals surface area contributed by atoms with Gasteiger partial charge in [0.1, 0.15) is 30.4 Å². The number of aromatic nitrogens is 2. The number of allylic oxidation sites excluding steroid dienone is 2. The lowest BCUT2D eigenvalue weighted by atomic mass is 9.64. The number of primary amides is 1. The van der Waals surface area contributed by atoms with Crippen molar-refractivity contribution in [2.75, 3.05) is 0 Å². The maximum absolute atomic E-state index is 13.3. The van der Waals surface area contributed by atoms with Gasteiger partial charge in [-0.15, -0.1) is 0 Å². The molecule has 1 aliphatic carbocycles. The Kier molecular flexibility index (Phi) is 6.31. The molecule has 0 radical (unpaired) electrons. The van der Waals surface area contributed by atoms with Crippen molar-refractivity contribution >= 4 is 5.91 Å². The molecule has 2 aromatic carbocycles. The predicted molar refractivity (Wildman–Crippen MR) is 128 cm³/mol. The summed E-state index contributed by atoms with van der Waals surface area (Å²) in [4.78, 5) is 13.3. The molecular formula is C28H34N3O+. The zero-order valence-corrected chi connectivity index (χ0v) is 19.4. The minimum atomic E-state index is -0.823. The van der Waals surface area contributed by atoms with Crippen molar-refractivity contribution < 1.29 is 9.36 Å². The molecule has 3 aromatic rings. The molecule has 4 rings (SSSR count). The first-order valence-electron chi connectivity index (χ1n) is 11.6. The van der Waals surface area contributed by atoms with Crippen molar-refractivity contribution in [3.63, 3.8) is 0 Å². The topological polar surface area (TPSA) is 51.9 Å². The van der Waals surface area contributed by atoms with Gasteiger partial charge in [0.15, 0.2) is 0 Å². The second kappa shape index (κ2) is 9.15. The standard InChI is InChI=1S/C28H33N3O/c1-21(2)16-17-30-18-19-31(22(30)3)26-15-14-25(20-26)28(27(29)32,23-10-6-4-7-11-23)24-12-8-5-9-13-24/h4-13,16,18-19,25-26H,14-15,17,20H2,1-3H3,(H-,29,32)/p+1. The van der Waals surface area contributed by atoms with Crippen LogP contribution in [-0.2, 0) is 16.8 Å². The van der Waals surface area contributed by atoms with Gasteiger partial charge in [-0.25, -0.2) is 9.13 Å². The van der Waals surface area contributed by atoms with Crippen LogP contribution in [0.25, 0.3) is 0 Å². The van der Waals surface area contributed by atoms with E-state index < -0.39 is 5.41 Å². The third-order valence-corrected chi connectivity index (χ3v) is 7.15. The van der Waals surface area contributed by atoms with Crippen molar-refractivity contribution in [1.82, 2.24) is 4.57 Å². The molecular weight excluding hydrogens is 394 g/mol. The van der Waals surface area contributed by atoms with E-state index in [2.05, 4.69) is 72.6 Å². The van der Waals surface area contributed by atoms with Crippen LogP contribution >= 0.6 is 0 Å². The highest BCUT2D eigenvalue weighted by Gasteiger charge is 2.51. The molecule has 0 spiro atoms. The van der Waals surface area contributed by atoms with Crippen LogP contribution in [0.15, 0.2) is 84.7 Å². The van der Waals surface area contributed by atoms with Crippen LogP contribution in [0, 0.1) is 12.8 Å². The van der Waals surface area contributed by atoms with E-state index in [1.165, 1.54) is 11.4 Å². The largest absolute Gasteiger partial charge is 0.369 e. The van der Waals surface area contributed by atoms with Crippen LogP contribution in [0.5, 0.6) is 0 Å². The number of nitrogens with two attached hydrogens (primary N) is 1. The van der Waals surface area contributed by atoms with Gasteiger partial charge in [0, 0.05) is 6.92 Å². The number of imidazole rings is 1. The second-order valence-corrected chi connectivity index (χ2v) is 9.25. The maximum Gasteiger partial charge on any atom is 0.253 e. The van der Waals surface area contributed by atoms with Crippen LogP contribution in [0.3, 0.4) is 0 Å². The van der Waals surface area contributed by atoms with Gasteiger partial charge in [-0.05, 0) is 56.2 Å². The Hall–Kier alpha value is -3.14. The molecule has 1 heterocycles. The van der Waals surface area contributed by atoms with E-state index in [1.54, 1.807) is 0 Å². The van der Waals surface area contributed by atoms with Gasteiger partial charge in [-0.3, -0.25) is 4.79 Å². The predicted octanol–water partition coefficient (Wildman–Crippen LogP) is 4.86. The Morgan fingerprint density at radius 2 is 1.66 bits per heavy atom. The fourth-order valence-corrected chi connectivity index (χ4v) is 5.51. The van der Waals surface area contributed by atoms with Crippen molar-refractivity contribution in [1.29, 1.82) is 0 Å². The minimum absolute atomic E-state index is 0.142. The summed E-state index contributed by atoms with van der Waals surface area (Å²) in [5.41, 5.74) is 8.73. The summed E-state index contributed by atoms with van der Waals surface area (Å²) in [5, 5.41) is 0. The highest BCUT2D eigenvalue weighted by molar-refractivity contribution is 5.91. The second-order valence-electron chi connectivity index (χ2n) is 9.25. The quantitative estimate of drug-likeness (QED) is 0.424. The first-order valence-corrected chi connectivity index (χ1v) is 11.6. The van der Waals surface area contributed by atoms with E-state index in [4.69, 9.17) is 5.73 Å². The summed E-state index contributed by atoms with van der Waals surface area (Å²) >= 11 is 0. The summed E-state index contributed by atoms with van der Waals surface area (Å²) in [5.74, 6) is 1.13. The van der Waals surface area contributed by atoms with Crippen LogP contribution in [0.4, 0.5) is 0 Å². The molecule has 32 heavy (non-hydrogen) atoms. The molecule has 0 saturated heterocycles. The molecule has 4 heteroatoms. The number of benzene rings is 2. The number of carbonyl (C=O) groups excluding carboxylic acids is 1. The van der Waals surface area contributed by atoms with Crippen molar-refractivity contribution in [3.05, 3.63) is 102 Å². The number of carbonyl (C=O) groups is 1. The third-order valence-electron chi connectivity index (χ3n) is 7.15. The van der Waals surface area contributed by atoms with Gasteiger partial charge in [-0.2, -0.15) is 0 Å². The molecule has 0 bridgehead atoms. The van der Waals surface area contributed by atoms with Crippen LogP contribution in [-0.4, -0.2) is 10.5 Å². The molecule has 1 amide bonds. The molecule has 1 aliphatic rings. The zero-order valence-electron chi connectivity index (χ0n) is 19.4. The number of amides is 1. The molecule has 166 valence electrons. The fourth-order valence-electron chi connectivity index (χ4n) is 5.51. The Bertz CT molecular complexity index is 1050. The lowest BCUT2D eigenvalue weighted by molar-refractivity contribution is -0.692. The van der Waals surface area contributed by atoms with Crippen molar-refractivity contribution in [2.24, 2.45) is 11.7 Å². The van der Waals surface area contributed by atoms with E-state index in [-0.39, 0.29) is 11.8 Å². The summed E-state index contributed by atoms with van der Waals surface area (Å²) in [7, 11) is 0. The van der Waals surface area contributed by atoms with Crippen LogP contribution in [0.2, 0.25) is 0 Å². The normalized spacial score (nSPS) is 18.5. The Balaban J connectivity index is 1.71. The summed E-state index contributed by atoms with van der Waals surface area (Å²) in [6.07, 6.45) is 9.53. The number of rotatable bonds is 7. The van der Waals surface area contributed by atoms with Gasteiger partial charge in [0.05, 0.1) is 0 Å². The SMILES string of the molecule is CC(C)=CC[n+]1ccn(C2CCC(C(C(N)=O)(c3ccccc3)c3ccccc3)C2)c1C. The molecule has 2 unspecified atom stereocenters. The van der Waals surface area contributed by atoms with E-state index >= 15 is 0 Å². The van der Waals surface area contributed by atoms with Crippen molar-refractivity contribution in [2.45, 2.75) is 58.0 Å². The number of nitrogens with zero attached hydrogens (tertiary/aromatic N) is 2. The highest BCUT2D eigenvalue weighted by atomic mass is 16.1. The van der Waals surface area contributed by atoms with Crippen LogP contribution < -0.4 is 10.3 Å². The first kappa shape index (κ1) is 22.1. The lowest BCUT2D eigenvalue weighted by Crippen LogP contribution is -2.47. The summed E-state index contributed by atoms with van der Waals surface area (Å²) in [6.45, 7) is 7.33. The Morgan fingerprint density at radius 1 is 1.06 bits per heavy atom. The minimum Gasteiger partial charge on any atom is -0.369 e. The van der Waals surface area contributed by atoms with E-state index in [9.17, 15) is 4.79 Å². The van der Waals surface area contributed by atoms with E-state index in [0.717, 1.165) is 36.9 Å². The average Bonchev–Trinajstić information content (AvgIpc) is 3.41. The molecule has 0 aliphatic heterocycles. The van der Waals surface area contributed by atoms with Gasteiger partial charge in [0.25, 0.3) is 5.82 Å². The smallest absolute Gasteiger partial charge is 0.253 e. The lowest BCUT2D eigenvalue weighted by Gasteiger charge is -2.37. The summed E-state index contributed by atoms with van der Waals surface area (Å²) in [6, 6.07) is 20.6. The maximum atomic E-state index is 13.3. The molecule has 2 N–H and O–H groups in total. The molecule has 4 nitrogen and oxygen atoms in total. The molecule has 1 fully saturated rings. The average molecular weight is 429 g/mol. The molecule has 1 aromatic heterocycles. The van der Waals surface area contributed by atoms with Crippen molar-refractivity contribution in [3.8, 4) is 0 Å². The van der Waals surface area contributed by atoms with Gasteiger partial charge >= 0.3 is 0 Å². The summed E-state index contributed by atoms with van der Waals surface area (Å²) < 4.78 is 4.68. The molecule has 2 atom stereocenters. The highest BCUT2D eigenvalue weighted by Crippen LogP contribution is 2.49. The van der Waals surface area contributed by atoms with Gasteiger partial charge in [-0.1, -0.05) is 66.2 Å². The van der Waals surface area contributed by atoms with E-state index in [1.807, 2.05) is 36.4 Å². The molecule has 1 saturated carbocycles. The zero-order chi connectivity index (χ0) is 22.7. The number of hydrogen-bond acceptors (Lipinski definition) is 1. The van der Waals surface area contributed by atoms with Gasteiger partial charge in [0.2, 0.25) is 5.91 Å². The van der Waals surface area contributed by atoms with Crippen LogP contribution in [0.1, 0.15) is 56.1 Å². The Morgan fingerprint density at radius 3 is 2.19 bits per heavy atom. The Labute approximate surface area is 191 Å².